The molecule has 0 aliphatic carbocycles. The summed E-state index contributed by atoms with van der Waals surface area (Å²) in [6.45, 7) is 2.59. The van der Waals surface area contributed by atoms with E-state index in [1.165, 1.54) is 0 Å². The van der Waals surface area contributed by atoms with Crippen LogP contribution in [0, 0.1) is 0 Å². The van der Waals surface area contributed by atoms with Gasteiger partial charge < -0.3 is 26.4 Å². The summed E-state index contributed by atoms with van der Waals surface area (Å²) < 4.78 is 5.15. The first-order chi connectivity index (χ1) is 18.9. The molecule has 0 radical (unpaired) electrons. The van der Waals surface area contributed by atoms with E-state index in [1.807, 2.05) is 30.3 Å². The van der Waals surface area contributed by atoms with Crippen LogP contribution in [-0.4, -0.2) is 53.4 Å². The fourth-order valence-electron chi connectivity index (χ4n) is 4.99. The summed E-state index contributed by atoms with van der Waals surface area (Å²) in [5, 5.41) is 3.75. The monoisotopic (exact) mass is 524 g/mol. The number of para-hydroxylation sites is 1. The number of nitrogens with one attached hydrogen (secondary N) is 1. The van der Waals surface area contributed by atoms with Crippen LogP contribution in [0.5, 0.6) is 5.75 Å². The summed E-state index contributed by atoms with van der Waals surface area (Å²) >= 11 is 0. The molecule has 9 heteroatoms. The second-order valence-corrected chi connectivity index (χ2v) is 9.83. The van der Waals surface area contributed by atoms with Gasteiger partial charge in [0.2, 0.25) is 0 Å². The summed E-state index contributed by atoms with van der Waals surface area (Å²) in [4.78, 5) is 36.1. The van der Waals surface area contributed by atoms with Gasteiger partial charge >= 0.3 is 0 Å². The van der Waals surface area contributed by atoms with Crippen LogP contribution in [0.3, 0.4) is 0 Å². The lowest BCUT2D eigenvalue weighted by Crippen LogP contribution is -2.25. The number of nitrogens with two attached hydrogens (primary N) is 2. The first kappa shape index (κ1) is 26.3. The number of hydrogen-bond acceptors (Lipinski definition) is 7. The number of benzene rings is 3. The van der Waals surface area contributed by atoms with Crippen molar-refractivity contribution < 1.29 is 14.3 Å². The van der Waals surface area contributed by atoms with Crippen LogP contribution in [0.4, 0.5) is 5.69 Å². The van der Waals surface area contributed by atoms with E-state index in [0.29, 0.717) is 28.1 Å². The lowest BCUT2D eigenvalue weighted by Gasteiger charge is -2.19. The molecule has 0 saturated carbocycles. The summed E-state index contributed by atoms with van der Waals surface area (Å²) in [5.41, 5.74) is 15.3. The van der Waals surface area contributed by atoms with E-state index in [9.17, 15) is 9.59 Å². The lowest BCUT2D eigenvalue weighted by atomic mass is 10.0. The standard InChI is InChI=1S/C30H32N6O3/c1-39-24-10-8-19(9-11-24)30(38)34-23-6-2-4-20(16-23)26(31)13-15-36-14-12-22(18-36)29-33-17-21-5-3-7-25(28(32)37)27(21)35-29/h2-11,16-17,22,26H,12-15,18,31H2,1H3,(H2,32,37)(H,34,38). The smallest absolute Gasteiger partial charge is 0.255 e. The van der Waals surface area contributed by atoms with Gasteiger partial charge in [0, 0.05) is 41.3 Å². The average Bonchev–Trinajstić information content (AvgIpc) is 3.44. The Hall–Kier alpha value is -4.34. The Morgan fingerprint density at radius 2 is 1.92 bits per heavy atom. The van der Waals surface area contributed by atoms with Crippen molar-refractivity contribution in [2.45, 2.75) is 24.8 Å². The number of methoxy groups -OCH3 is 1. The van der Waals surface area contributed by atoms with Crippen LogP contribution in [-0.2, 0) is 0 Å². The highest BCUT2D eigenvalue weighted by Crippen LogP contribution is 2.28. The number of ether oxygens (including phenoxy) is 1. The second kappa shape index (κ2) is 11.6. The fraction of sp³-hybridized carbons (Fsp3) is 0.267. The van der Waals surface area contributed by atoms with Crippen molar-refractivity contribution in [2.24, 2.45) is 11.5 Å². The van der Waals surface area contributed by atoms with Crippen LogP contribution in [0.15, 0.2) is 72.9 Å². The molecule has 4 aromatic rings. The van der Waals surface area contributed by atoms with Crippen molar-refractivity contribution in [2.75, 3.05) is 32.1 Å². The maximum absolute atomic E-state index is 12.6. The van der Waals surface area contributed by atoms with Crippen LogP contribution in [0.25, 0.3) is 10.9 Å². The van der Waals surface area contributed by atoms with E-state index in [-0.39, 0.29) is 17.9 Å². The van der Waals surface area contributed by atoms with E-state index >= 15 is 0 Å². The number of anilines is 1. The zero-order chi connectivity index (χ0) is 27.4. The first-order valence-corrected chi connectivity index (χ1v) is 13.0. The van der Waals surface area contributed by atoms with E-state index in [0.717, 1.165) is 49.2 Å². The van der Waals surface area contributed by atoms with Gasteiger partial charge in [-0.3, -0.25) is 9.59 Å². The average molecular weight is 525 g/mol. The molecule has 1 aliphatic rings. The number of likely N-dealkylation sites (tertiary alicyclic amines) is 1. The summed E-state index contributed by atoms with van der Waals surface area (Å²) in [6, 6.07) is 19.9. The SMILES string of the molecule is COc1ccc(C(=O)Nc2cccc(C(N)CCN3CCC(c4ncc5cccc(C(N)=O)c5n4)C3)c2)cc1. The molecule has 2 atom stereocenters. The Morgan fingerprint density at radius 3 is 2.69 bits per heavy atom. The molecule has 200 valence electrons. The van der Waals surface area contributed by atoms with Crippen LogP contribution < -0.4 is 21.5 Å². The second-order valence-electron chi connectivity index (χ2n) is 9.83. The molecular weight excluding hydrogens is 492 g/mol. The van der Waals surface area contributed by atoms with Crippen molar-refractivity contribution >= 4 is 28.4 Å². The fourth-order valence-corrected chi connectivity index (χ4v) is 4.99. The van der Waals surface area contributed by atoms with Crippen LogP contribution >= 0.6 is 0 Å². The highest BCUT2D eigenvalue weighted by atomic mass is 16.5. The lowest BCUT2D eigenvalue weighted by molar-refractivity contribution is 0.0998. The third-order valence-electron chi connectivity index (χ3n) is 7.21. The van der Waals surface area contributed by atoms with Gasteiger partial charge in [-0.15, -0.1) is 0 Å². The van der Waals surface area contributed by atoms with E-state index in [4.69, 9.17) is 21.2 Å². The summed E-state index contributed by atoms with van der Waals surface area (Å²) in [6.07, 6.45) is 3.47. The molecular formula is C30H32N6O3. The largest absolute Gasteiger partial charge is 0.497 e. The molecule has 1 fully saturated rings. The Morgan fingerprint density at radius 1 is 1.13 bits per heavy atom. The molecule has 9 nitrogen and oxygen atoms in total. The molecule has 5 rings (SSSR count). The highest BCUT2D eigenvalue weighted by Gasteiger charge is 2.27. The van der Waals surface area contributed by atoms with E-state index < -0.39 is 5.91 Å². The van der Waals surface area contributed by atoms with E-state index in [1.54, 1.807) is 49.7 Å². The predicted molar refractivity (Wildman–Crippen MR) is 151 cm³/mol. The number of carbonyl (C=O) groups is 2. The minimum Gasteiger partial charge on any atom is -0.497 e. The number of rotatable bonds is 9. The highest BCUT2D eigenvalue weighted by molar-refractivity contribution is 6.05. The minimum absolute atomic E-state index is 0.170. The van der Waals surface area contributed by atoms with Crippen LogP contribution in [0.1, 0.15) is 56.9 Å². The van der Waals surface area contributed by atoms with Gasteiger partial charge in [0.1, 0.15) is 11.6 Å². The Balaban J connectivity index is 1.17. The van der Waals surface area contributed by atoms with Crippen molar-refractivity contribution in [1.82, 2.24) is 14.9 Å². The molecule has 1 aliphatic heterocycles. The number of primary amides is 1. The van der Waals surface area contributed by atoms with Crippen molar-refractivity contribution in [3.8, 4) is 5.75 Å². The molecule has 39 heavy (non-hydrogen) atoms. The molecule has 0 bridgehead atoms. The number of amides is 2. The molecule has 2 heterocycles. The number of aromatic nitrogens is 2. The maximum atomic E-state index is 12.6. The molecule has 5 N–H and O–H groups in total. The number of hydrogen-bond donors (Lipinski definition) is 3. The predicted octanol–water partition coefficient (Wildman–Crippen LogP) is 3.87. The maximum Gasteiger partial charge on any atom is 0.255 e. The van der Waals surface area contributed by atoms with Crippen LogP contribution in [0.2, 0.25) is 0 Å². The third-order valence-corrected chi connectivity index (χ3v) is 7.21. The van der Waals surface area contributed by atoms with Gasteiger partial charge in [0.15, 0.2) is 0 Å². The van der Waals surface area contributed by atoms with Gasteiger partial charge in [-0.05, 0) is 74.0 Å². The normalized spacial score (nSPS) is 16.2. The molecule has 3 aromatic carbocycles. The van der Waals surface area contributed by atoms with Crippen molar-refractivity contribution in [3.05, 3.63) is 95.4 Å². The summed E-state index contributed by atoms with van der Waals surface area (Å²) in [5.74, 6) is 0.944. The molecule has 2 unspecified atom stereocenters. The quantitative estimate of drug-likeness (QED) is 0.302. The van der Waals surface area contributed by atoms with Crippen molar-refractivity contribution in [3.63, 3.8) is 0 Å². The zero-order valence-corrected chi connectivity index (χ0v) is 21.8. The third kappa shape index (κ3) is 6.05. The van der Waals surface area contributed by atoms with Gasteiger partial charge in [-0.1, -0.05) is 24.3 Å². The van der Waals surface area contributed by atoms with Gasteiger partial charge in [-0.25, -0.2) is 9.97 Å². The molecule has 1 saturated heterocycles. The Labute approximate surface area is 227 Å². The zero-order valence-electron chi connectivity index (χ0n) is 21.8. The van der Waals surface area contributed by atoms with E-state index in [2.05, 4.69) is 15.2 Å². The van der Waals surface area contributed by atoms with Crippen molar-refractivity contribution in [1.29, 1.82) is 0 Å². The molecule has 1 aromatic heterocycles. The first-order valence-electron chi connectivity index (χ1n) is 13.0. The van der Waals surface area contributed by atoms with Gasteiger partial charge in [0.25, 0.3) is 11.8 Å². The summed E-state index contributed by atoms with van der Waals surface area (Å²) in [7, 11) is 1.59. The Bertz CT molecular complexity index is 1490. The molecule has 0 spiro atoms. The van der Waals surface area contributed by atoms with Gasteiger partial charge in [-0.2, -0.15) is 0 Å². The van der Waals surface area contributed by atoms with Gasteiger partial charge in [0.05, 0.1) is 18.2 Å². The number of carbonyl (C=O) groups excluding carboxylic acids is 2. The topological polar surface area (TPSA) is 136 Å². The number of fused-ring (bicyclic) bond motifs is 1. The molecule has 2 amide bonds. The minimum atomic E-state index is -0.489. The number of nitrogens with zero attached hydrogens (tertiary/aromatic N) is 3. The Kier molecular flexibility index (Phi) is 7.81.